The van der Waals surface area contributed by atoms with Gasteiger partial charge in [-0.25, -0.2) is 12.7 Å². The summed E-state index contributed by atoms with van der Waals surface area (Å²) in [6.07, 6.45) is 5.20. The number of carbonyl (C=O) groups excluding carboxylic acids is 1. The molecule has 0 bridgehead atoms. The highest BCUT2D eigenvalue weighted by molar-refractivity contribution is 7.89. The van der Waals surface area contributed by atoms with Crippen molar-refractivity contribution in [2.45, 2.75) is 57.5 Å². The first-order valence-electron chi connectivity index (χ1n) is 8.04. The molecule has 2 saturated heterocycles. The Morgan fingerprint density at radius 2 is 1.95 bits per heavy atom. The molecule has 0 aromatic heterocycles. The Morgan fingerprint density at radius 1 is 1.24 bits per heavy atom. The average molecular weight is 317 g/mol. The molecular weight excluding hydrogens is 290 g/mol. The van der Waals surface area contributed by atoms with Gasteiger partial charge in [-0.15, -0.1) is 0 Å². The van der Waals surface area contributed by atoms with Gasteiger partial charge in [0.15, 0.2) is 0 Å². The lowest BCUT2D eigenvalue weighted by Crippen LogP contribution is -2.52. The highest BCUT2D eigenvalue weighted by Crippen LogP contribution is 2.16. The van der Waals surface area contributed by atoms with Crippen LogP contribution >= 0.6 is 0 Å². The molecular formula is C14H27N3O3S. The lowest BCUT2D eigenvalue weighted by molar-refractivity contribution is -0.124. The molecule has 1 atom stereocenters. The van der Waals surface area contributed by atoms with E-state index in [2.05, 4.69) is 10.6 Å². The van der Waals surface area contributed by atoms with Gasteiger partial charge in [0.05, 0.1) is 11.8 Å². The molecule has 2 N–H and O–H groups in total. The van der Waals surface area contributed by atoms with Crippen LogP contribution in [-0.2, 0) is 14.8 Å². The van der Waals surface area contributed by atoms with Gasteiger partial charge in [-0.1, -0.05) is 13.3 Å². The lowest BCUT2D eigenvalue weighted by atomic mass is 10.0. The van der Waals surface area contributed by atoms with Crippen molar-refractivity contribution in [3.63, 3.8) is 0 Å². The van der Waals surface area contributed by atoms with E-state index >= 15 is 0 Å². The second-order valence-corrected chi connectivity index (χ2v) is 8.09. The van der Waals surface area contributed by atoms with Crippen LogP contribution in [-0.4, -0.2) is 56.1 Å². The van der Waals surface area contributed by atoms with E-state index in [-0.39, 0.29) is 23.7 Å². The summed E-state index contributed by atoms with van der Waals surface area (Å²) in [4.78, 5) is 12.1. The normalized spacial score (nSPS) is 25.7. The minimum Gasteiger partial charge on any atom is -0.352 e. The van der Waals surface area contributed by atoms with Crippen molar-refractivity contribution in [1.29, 1.82) is 0 Å². The van der Waals surface area contributed by atoms with E-state index in [0.29, 0.717) is 32.4 Å². The molecule has 1 amide bonds. The Bertz CT molecular complexity index is 438. The molecule has 7 heteroatoms. The Labute approximate surface area is 127 Å². The van der Waals surface area contributed by atoms with Crippen molar-refractivity contribution in [2.24, 2.45) is 0 Å². The van der Waals surface area contributed by atoms with Crippen LogP contribution in [0, 0.1) is 0 Å². The molecule has 0 aromatic rings. The van der Waals surface area contributed by atoms with Crippen molar-refractivity contribution < 1.29 is 13.2 Å². The fourth-order valence-corrected chi connectivity index (χ4v) is 4.58. The molecule has 0 spiro atoms. The Kier molecular flexibility index (Phi) is 6.01. The van der Waals surface area contributed by atoms with Gasteiger partial charge in [0.25, 0.3) is 0 Å². The van der Waals surface area contributed by atoms with Gasteiger partial charge in [0.2, 0.25) is 15.9 Å². The zero-order valence-electron chi connectivity index (χ0n) is 12.8. The number of carbonyl (C=O) groups is 1. The predicted molar refractivity (Wildman–Crippen MR) is 82.5 cm³/mol. The summed E-state index contributed by atoms with van der Waals surface area (Å²) >= 11 is 0. The molecule has 6 nitrogen and oxygen atoms in total. The number of rotatable bonds is 5. The second-order valence-electron chi connectivity index (χ2n) is 6.00. The first-order chi connectivity index (χ1) is 10.0. The molecule has 122 valence electrons. The van der Waals surface area contributed by atoms with E-state index in [4.69, 9.17) is 0 Å². The Morgan fingerprint density at radius 3 is 2.52 bits per heavy atom. The highest BCUT2D eigenvalue weighted by atomic mass is 32.2. The third-order valence-corrected chi connectivity index (χ3v) is 6.36. The molecule has 0 aliphatic carbocycles. The standard InChI is InChI=1S/C14H27N3O3S/c1-2-11-21(19,20)17-9-6-12(7-10-17)16-14(18)13-5-3-4-8-15-13/h12-13,15H,2-11H2,1H3,(H,16,18)/t13-/m1/s1. The molecule has 0 saturated carbocycles. The fourth-order valence-electron chi connectivity index (χ4n) is 3.04. The highest BCUT2D eigenvalue weighted by Gasteiger charge is 2.29. The van der Waals surface area contributed by atoms with E-state index in [1.807, 2.05) is 6.92 Å². The predicted octanol–water partition coefficient (Wildman–Crippen LogP) is 0.449. The van der Waals surface area contributed by atoms with Crippen molar-refractivity contribution in [2.75, 3.05) is 25.4 Å². The topological polar surface area (TPSA) is 78.5 Å². The molecule has 2 fully saturated rings. The summed E-state index contributed by atoms with van der Waals surface area (Å²) in [5, 5.41) is 6.31. The smallest absolute Gasteiger partial charge is 0.237 e. The molecule has 0 unspecified atom stereocenters. The fraction of sp³-hybridized carbons (Fsp3) is 0.929. The number of piperidine rings is 2. The van der Waals surface area contributed by atoms with Crippen molar-refractivity contribution in [1.82, 2.24) is 14.9 Å². The van der Waals surface area contributed by atoms with Gasteiger partial charge in [-0.3, -0.25) is 4.79 Å². The molecule has 2 rings (SSSR count). The molecule has 0 radical (unpaired) electrons. The molecule has 2 heterocycles. The number of nitrogens with one attached hydrogen (secondary N) is 2. The summed E-state index contributed by atoms with van der Waals surface area (Å²) in [5.41, 5.74) is 0. The maximum atomic E-state index is 12.1. The van der Waals surface area contributed by atoms with E-state index in [1.54, 1.807) is 4.31 Å². The Balaban J connectivity index is 1.77. The zero-order chi connectivity index (χ0) is 15.3. The minimum atomic E-state index is -3.10. The zero-order valence-corrected chi connectivity index (χ0v) is 13.6. The van der Waals surface area contributed by atoms with Gasteiger partial charge in [-0.05, 0) is 38.6 Å². The van der Waals surface area contributed by atoms with Crippen LogP contribution in [0.5, 0.6) is 0 Å². The molecule has 2 aliphatic heterocycles. The first-order valence-corrected chi connectivity index (χ1v) is 9.65. The molecule has 2 aliphatic rings. The van der Waals surface area contributed by atoms with Gasteiger partial charge in [-0.2, -0.15) is 0 Å². The maximum Gasteiger partial charge on any atom is 0.237 e. The maximum absolute atomic E-state index is 12.1. The van der Waals surface area contributed by atoms with Crippen LogP contribution in [0.1, 0.15) is 45.4 Å². The molecule has 21 heavy (non-hydrogen) atoms. The monoisotopic (exact) mass is 317 g/mol. The average Bonchev–Trinajstić information content (AvgIpc) is 2.48. The number of hydrogen-bond acceptors (Lipinski definition) is 4. The van der Waals surface area contributed by atoms with Crippen molar-refractivity contribution >= 4 is 15.9 Å². The summed E-state index contributed by atoms with van der Waals surface area (Å²) < 4.78 is 25.5. The van der Waals surface area contributed by atoms with Crippen molar-refractivity contribution in [3.8, 4) is 0 Å². The van der Waals surface area contributed by atoms with Gasteiger partial charge < -0.3 is 10.6 Å². The van der Waals surface area contributed by atoms with Gasteiger partial charge >= 0.3 is 0 Å². The van der Waals surface area contributed by atoms with Gasteiger partial charge in [0, 0.05) is 19.1 Å². The first kappa shape index (κ1) is 16.7. The van der Waals surface area contributed by atoms with E-state index < -0.39 is 10.0 Å². The lowest BCUT2D eigenvalue weighted by Gasteiger charge is -2.33. The van der Waals surface area contributed by atoms with E-state index in [1.165, 1.54) is 0 Å². The summed E-state index contributed by atoms with van der Waals surface area (Å²) in [5.74, 6) is 0.292. The van der Waals surface area contributed by atoms with Crippen molar-refractivity contribution in [3.05, 3.63) is 0 Å². The van der Waals surface area contributed by atoms with Crippen LogP contribution in [0.4, 0.5) is 0 Å². The minimum absolute atomic E-state index is 0.0689. The quantitative estimate of drug-likeness (QED) is 0.772. The van der Waals surface area contributed by atoms with E-state index in [0.717, 1.165) is 25.8 Å². The van der Waals surface area contributed by atoms with Crippen LogP contribution in [0.25, 0.3) is 0 Å². The largest absolute Gasteiger partial charge is 0.352 e. The number of amides is 1. The number of sulfonamides is 1. The number of nitrogens with zero attached hydrogens (tertiary/aromatic N) is 1. The number of hydrogen-bond donors (Lipinski definition) is 2. The second kappa shape index (κ2) is 7.56. The summed E-state index contributed by atoms with van der Waals surface area (Å²) in [6, 6.07) is 0.0370. The molecule has 0 aromatic carbocycles. The van der Waals surface area contributed by atoms with Crippen LogP contribution in [0.2, 0.25) is 0 Å². The van der Waals surface area contributed by atoms with Crippen LogP contribution in [0.15, 0.2) is 0 Å². The van der Waals surface area contributed by atoms with Crippen LogP contribution < -0.4 is 10.6 Å². The third kappa shape index (κ3) is 4.66. The van der Waals surface area contributed by atoms with Gasteiger partial charge in [0.1, 0.15) is 0 Å². The van der Waals surface area contributed by atoms with Crippen LogP contribution in [0.3, 0.4) is 0 Å². The Hall–Kier alpha value is -0.660. The SMILES string of the molecule is CCCS(=O)(=O)N1CCC(NC(=O)[C@H]2CCCCN2)CC1. The van der Waals surface area contributed by atoms with E-state index in [9.17, 15) is 13.2 Å². The summed E-state index contributed by atoms with van der Waals surface area (Å²) in [6.45, 7) is 3.82. The summed E-state index contributed by atoms with van der Waals surface area (Å²) in [7, 11) is -3.10. The third-order valence-electron chi connectivity index (χ3n) is 4.28.